The molecule has 2 rings (SSSR count). The molecule has 0 fully saturated rings. The number of halogens is 5. The van der Waals surface area contributed by atoms with Crippen molar-refractivity contribution in [1.82, 2.24) is 4.98 Å². The van der Waals surface area contributed by atoms with Crippen LogP contribution in [0, 0.1) is 5.92 Å². The summed E-state index contributed by atoms with van der Waals surface area (Å²) in [6.45, 7) is 3.99. The van der Waals surface area contributed by atoms with Gasteiger partial charge in [-0.05, 0) is 25.0 Å². The molecule has 1 amide bonds. The molecule has 144 valence electrons. The number of alkyl halides is 3. The van der Waals surface area contributed by atoms with E-state index in [1.807, 2.05) is 0 Å². The van der Waals surface area contributed by atoms with E-state index in [1.165, 1.54) is 26.0 Å². The second kappa shape index (κ2) is 7.17. The van der Waals surface area contributed by atoms with Gasteiger partial charge in [0.15, 0.2) is 5.60 Å². The summed E-state index contributed by atoms with van der Waals surface area (Å²) >= 11 is 12.0. The number of benzene rings is 1. The summed E-state index contributed by atoms with van der Waals surface area (Å²) in [5.41, 5.74) is -3.75. The first-order chi connectivity index (χ1) is 11.9. The lowest BCUT2D eigenvalue weighted by Gasteiger charge is -2.35. The number of carbonyl (C=O) groups is 1. The predicted octanol–water partition coefficient (Wildman–Crippen LogP) is 5.45. The molecule has 1 heterocycles. The Morgan fingerprint density at radius 2 is 1.96 bits per heavy atom. The zero-order valence-electron chi connectivity index (χ0n) is 14.1. The number of hydrogen-bond donors (Lipinski definition) is 3. The minimum absolute atomic E-state index is 0.0156. The van der Waals surface area contributed by atoms with Crippen molar-refractivity contribution in [3.63, 3.8) is 0 Å². The van der Waals surface area contributed by atoms with Crippen LogP contribution in [0.15, 0.2) is 12.1 Å². The van der Waals surface area contributed by atoms with Crippen LogP contribution in [0.2, 0.25) is 10.0 Å². The van der Waals surface area contributed by atoms with Gasteiger partial charge in [-0.15, -0.1) is 0 Å². The van der Waals surface area contributed by atoms with Crippen LogP contribution >= 0.6 is 23.2 Å². The highest BCUT2D eigenvalue weighted by Gasteiger charge is 2.59. The summed E-state index contributed by atoms with van der Waals surface area (Å²) < 4.78 is 46.2. The number of fused-ring (bicyclic) bond motifs is 1. The summed E-state index contributed by atoms with van der Waals surface area (Å²) in [6.07, 6.45) is -6.01. The third-order valence-corrected chi connectivity index (χ3v) is 4.49. The Bertz CT molecular complexity index is 836. The fourth-order valence-corrected chi connectivity index (χ4v) is 3.28. The van der Waals surface area contributed by atoms with Crippen LogP contribution in [-0.4, -0.2) is 29.0 Å². The van der Waals surface area contributed by atoms with Gasteiger partial charge in [0.1, 0.15) is 5.82 Å². The molecule has 1 unspecified atom stereocenters. The van der Waals surface area contributed by atoms with Crippen molar-refractivity contribution in [3.05, 3.63) is 27.7 Å². The van der Waals surface area contributed by atoms with E-state index in [4.69, 9.17) is 27.9 Å². The molecule has 1 aromatic carbocycles. The molecule has 0 radical (unpaired) electrons. The zero-order chi connectivity index (χ0) is 19.9. The Hall–Kier alpha value is -1.64. The van der Waals surface area contributed by atoms with E-state index < -0.39 is 29.4 Å². The van der Waals surface area contributed by atoms with Gasteiger partial charge in [0.2, 0.25) is 0 Å². The Morgan fingerprint density at radius 3 is 2.46 bits per heavy atom. The quantitative estimate of drug-likeness (QED) is 0.624. The lowest BCUT2D eigenvalue weighted by Crippen LogP contribution is -2.47. The number of aromatic nitrogens is 1. The number of carbonyl (C=O) groups excluding carboxylic acids is 1. The van der Waals surface area contributed by atoms with E-state index >= 15 is 0 Å². The smallest absolute Gasteiger partial charge is 0.421 e. The second-order valence-corrected chi connectivity index (χ2v) is 6.79. The topological polar surface area (TPSA) is 74.3 Å². The van der Waals surface area contributed by atoms with Crippen LogP contribution in [0.3, 0.4) is 0 Å². The number of rotatable bonds is 4. The first kappa shape index (κ1) is 20.7. The predicted molar refractivity (Wildman–Crippen MR) is 93.8 cm³/mol. The van der Waals surface area contributed by atoms with Gasteiger partial charge in [0, 0.05) is 16.0 Å². The van der Waals surface area contributed by atoms with Crippen molar-refractivity contribution >= 4 is 46.0 Å². The number of H-pyrrole nitrogens is 1. The van der Waals surface area contributed by atoms with Crippen LogP contribution in [0.25, 0.3) is 10.9 Å². The van der Waals surface area contributed by atoms with E-state index in [-0.39, 0.29) is 33.4 Å². The van der Waals surface area contributed by atoms with Crippen molar-refractivity contribution < 1.29 is 27.8 Å². The van der Waals surface area contributed by atoms with Gasteiger partial charge in [0.05, 0.1) is 17.1 Å². The van der Waals surface area contributed by atoms with Crippen LogP contribution < -0.4 is 5.32 Å². The SMILES string of the molecule is CCOC(=O)Nc1[nH]c2c(Cl)cc(Cl)cc2c1C(O)(C(C)C)C(F)(F)F. The number of aliphatic hydroxyl groups is 1. The average molecular weight is 413 g/mol. The first-order valence-electron chi connectivity index (χ1n) is 7.67. The lowest BCUT2D eigenvalue weighted by molar-refractivity contribution is -0.282. The second-order valence-electron chi connectivity index (χ2n) is 5.95. The van der Waals surface area contributed by atoms with Gasteiger partial charge in [-0.2, -0.15) is 13.2 Å². The molecule has 0 bridgehead atoms. The molecule has 0 aliphatic rings. The monoisotopic (exact) mass is 412 g/mol. The summed E-state index contributed by atoms with van der Waals surface area (Å²) in [6, 6.07) is 2.58. The molecule has 10 heteroatoms. The maximum Gasteiger partial charge on any atom is 0.421 e. The van der Waals surface area contributed by atoms with Gasteiger partial charge in [-0.1, -0.05) is 37.0 Å². The standard InChI is InChI=1S/C16H17Cl2F3N2O3/c1-4-26-14(24)23-13-11(15(25,7(2)3)16(19,20)21)9-5-8(17)6-10(18)12(9)22-13/h5-7,22,25H,4H2,1-3H3,(H,23,24). The fraction of sp³-hybridized carbons (Fsp3) is 0.438. The highest BCUT2D eigenvalue weighted by molar-refractivity contribution is 6.38. The summed E-state index contributed by atoms with van der Waals surface area (Å²) in [5, 5.41) is 12.9. The maximum absolute atomic E-state index is 13.8. The maximum atomic E-state index is 13.8. The number of aromatic amines is 1. The highest BCUT2D eigenvalue weighted by atomic mass is 35.5. The average Bonchev–Trinajstić information content (AvgIpc) is 2.83. The van der Waals surface area contributed by atoms with Crippen molar-refractivity contribution in [2.45, 2.75) is 32.5 Å². The van der Waals surface area contributed by atoms with Crippen molar-refractivity contribution in [2.24, 2.45) is 5.92 Å². The molecule has 1 aromatic heterocycles. The van der Waals surface area contributed by atoms with Crippen molar-refractivity contribution in [1.29, 1.82) is 0 Å². The van der Waals surface area contributed by atoms with Crippen LogP contribution in [0.5, 0.6) is 0 Å². The molecule has 0 spiro atoms. The van der Waals surface area contributed by atoms with Crippen LogP contribution in [0.1, 0.15) is 26.3 Å². The van der Waals surface area contributed by atoms with E-state index in [0.29, 0.717) is 0 Å². The van der Waals surface area contributed by atoms with E-state index in [0.717, 1.165) is 0 Å². The van der Waals surface area contributed by atoms with E-state index in [1.54, 1.807) is 6.92 Å². The van der Waals surface area contributed by atoms with Gasteiger partial charge < -0.3 is 14.8 Å². The lowest BCUT2D eigenvalue weighted by atomic mass is 9.82. The molecular formula is C16H17Cl2F3N2O3. The van der Waals surface area contributed by atoms with Gasteiger partial charge in [-0.25, -0.2) is 4.79 Å². The molecule has 3 N–H and O–H groups in total. The number of nitrogens with one attached hydrogen (secondary N) is 2. The molecule has 1 atom stereocenters. The minimum Gasteiger partial charge on any atom is -0.450 e. The third kappa shape index (κ3) is 3.45. The Labute approximate surface area is 157 Å². The normalized spacial score (nSPS) is 14.5. The first-order valence-corrected chi connectivity index (χ1v) is 8.43. The summed E-state index contributed by atoms with van der Waals surface area (Å²) in [7, 11) is 0. The Kier molecular flexibility index (Phi) is 5.70. The molecule has 2 aromatic rings. The fourth-order valence-electron chi connectivity index (χ4n) is 2.74. The molecule has 0 saturated heterocycles. The minimum atomic E-state index is -5.03. The number of ether oxygens (including phenoxy) is 1. The summed E-state index contributed by atoms with van der Waals surface area (Å²) in [4.78, 5) is 14.4. The summed E-state index contributed by atoms with van der Waals surface area (Å²) in [5.74, 6) is -1.64. The molecular weight excluding hydrogens is 396 g/mol. The number of amides is 1. The highest BCUT2D eigenvalue weighted by Crippen LogP contribution is 2.50. The van der Waals surface area contributed by atoms with Crippen LogP contribution in [-0.2, 0) is 10.3 Å². The largest absolute Gasteiger partial charge is 0.450 e. The number of anilines is 1. The van der Waals surface area contributed by atoms with E-state index in [9.17, 15) is 23.1 Å². The molecule has 0 aliphatic heterocycles. The molecule has 0 aliphatic carbocycles. The Balaban J connectivity index is 2.85. The molecule has 5 nitrogen and oxygen atoms in total. The van der Waals surface area contributed by atoms with Gasteiger partial charge in [0.25, 0.3) is 0 Å². The Morgan fingerprint density at radius 1 is 1.35 bits per heavy atom. The molecule has 0 saturated carbocycles. The molecule has 26 heavy (non-hydrogen) atoms. The third-order valence-electron chi connectivity index (χ3n) is 3.98. The van der Waals surface area contributed by atoms with Gasteiger partial charge >= 0.3 is 12.3 Å². The van der Waals surface area contributed by atoms with Crippen LogP contribution in [0.4, 0.5) is 23.8 Å². The van der Waals surface area contributed by atoms with Gasteiger partial charge in [-0.3, -0.25) is 5.32 Å². The van der Waals surface area contributed by atoms with E-state index in [2.05, 4.69) is 10.3 Å². The van der Waals surface area contributed by atoms with Crippen molar-refractivity contribution in [3.8, 4) is 0 Å². The number of hydrogen-bond acceptors (Lipinski definition) is 3. The zero-order valence-corrected chi connectivity index (χ0v) is 15.6. The van der Waals surface area contributed by atoms with Crippen molar-refractivity contribution in [2.75, 3.05) is 11.9 Å².